The van der Waals surface area contributed by atoms with Crippen LogP contribution in [0.3, 0.4) is 0 Å². The number of carboxylic acid groups (broad SMARTS) is 1. The number of hydrogen-bond donors (Lipinski definition) is 2. The number of Topliss-reactive ketones (excluding diaryl/α,β-unsaturated/α-hetero) is 1. The fraction of sp³-hybridized carbons (Fsp3) is 0.273. The van der Waals surface area contributed by atoms with Gasteiger partial charge in [0, 0.05) is 3.57 Å². The zero-order valence-corrected chi connectivity index (χ0v) is 11.8. The van der Waals surface area contributed by atoms with Crippen LogP contribution in [-0.4, -0.2) is 22.0 Å². The van der Waals surface area contributed by atoms with E-state index in [1.807, 2.05) is 22.6 Å². The summed E-state index contributed by atoms with van der Waals surface area (Å²) in [7, 11) is 0. The molecule has 0 heterocycles. The van der Waals surface area contributed by atoms with Gasteiger partial charge in [0.05, 0.1) is 0 Å². The lowest BCUT2D eigenvalue weighted by atomic mass is 9.98. The van der Waals surface area contributed by atoms with Crippen LogP contribution in [-0.2, 0) is 9.59 Å². The van der Waals surface area contributed by atoms with E-state index in [0.717, 1.165) is 0 Å². The van der Waals surface area contributed by atoms with Crippen molar-refractivity contribution in [3.05, 3.63) is 32.9 Å². The second-order valence-corrected chi connectivity index (χ2v) is 5.06. The lowest BCUT2D eigenvalue weighted by Gasteiger charge is -2.16. The van der Waals surface area contributed by atoms with Crippen LogP contribution in [0.4, 0.5) is 0 Å². The number of aliphatic hydroxyl groups is 1. The SMILES string of the molecule is CC(=O)C(Cl)c1c(I)cccc1C(O)C(=O)O. The molecule has 6 heteroatoms. The third kappa shape index (κ3) is 3.17. The first-order valence-corrected chi connectivity index (χ1v) is 6.21. The van der Waals surface area contributed by atoms with Gasteiger partial charge in [-0.2, -0.15) is 0 Å². The molecule has 0 fully saturated rings. The van der Waals surface area contributed by atoms with Crippen LogP contribution in [0, 0.1) is 3.57 Å². The van der Waals surface area contributed by atoms with E-state index in [2.05, 4.69) is 0 Å². The highest BCUT2D eigenvalue weighted by molar-refractivity contribution is 14.1. The quantitative estimate of drug-likeness (QED) is 0.632. The number of rotatable bonds is 4. The van der Waals surface area contributed by atoms with Gasteiger partial charge in [0.2, 0.25) is 0 Å². The van der Waals surface area contributed by atoms with Crippen molar-refractivity contribution in [2.24, 2.45) is 0 Å². The summed E-state index contributed by atoms with van der Waals surface area (Å²) in [6, 6.07) is 4.76. The summed E-state index contributed by atoms with van der Waals surface area (Å²) in [5, 5.41) is 17.4. The van der Waals surface area contributed by atoms with E-state index in [1.165, 1.54) is 13.0 Å². The monoisotopic (exact) mass is 368 g/mol. The summed E-state index contributed by atoms with van der Waals surface area (Å²) in [5.41, 5.74) is 0.511. The Morgan fingerprint density at radius 1 is 1.41 bits per heavy atom. The average Bonchev–Trinajstić information content (AvgIpc) is 2.26. The lowest BCUT2D eigenvalue weighted by Crippen LogP contribution is -2.16. The van der Waals surface area contributed by atoms with E-state index in [-0.39, 0.29) is 11.3 Å². The predicted molar refractivity (Wildman–Crippen MR) is 71.0 cm³/mol. The number of aliphatic carboxylic acids is 1. The molecule has 0 radical (unpaired) electrons. The predicted octanol–water partition coefficient (Wildman–Crippen LogP) is 2.28. The number of carbonyl (C=O) groups excluding carboxylic acids is 1. The van der Waals surface area contributed by atoms with Crippen LogP contribution >= 0.6 is 34.2 Å². The molecule has 0 aliphatic carbocycles. The van der Waals surface area contributed by atoms with Crippen molar-refractivity contribution in [2.45, 2.75) is 18.4 Å². The van der Waals surface area contributed by atoms with Crippen molar-refractivity contribution in [1.82, 2.24) is 0 Å². The third-order valence-corrected chi connectivity index (χ3v) is 3.69. The summed E-state index contributed by atoms with van der Waals surface area (Å²) in [5.74, 6) is -1.67. The Hall–Kier alpha value is -0.660. The molecule has 0 aliphatic heterocycles. The molecule has 0 aromatic heterocycles. The Balaban J connectivity index is 3.36. The van der Waals surface area contributed by atoms with Crippen molar-refractivity contribution in [3.63, 3.8) is 0 Å². The van der Waals surface area contributed by atoms with E-state index < -0.39 is 17.5 Å². The minimum atomic E-state index is -1.68. The number of alkyl halides is 1. The molecular weight excluding hydrogens is 358 g/mol. The maximum absolute atomic E-state index is 11.3. The van der Waals surface area contributed by atoms with Gasteiger partial charge in [-0.25, -0.2) is 4.79 Å². The van der Waals surface area contributed by atoms with Crippen molar-refractivity contribution >= 4 is 45.9 Å². The molecule has 0 saturated carbocycles. The molecule has 2 N–H and O–H groups in total. The molecule has 17 heavy (non-hydrogen) atoms. The molecule has 92 valence electrons. The zero-order valence-electron chi connectivity index (χ0n) is 8.85. The van der Waals surface area contributed by atoms with Gasteiger partial charge in [0.15, 0.2) is 11.9 Å². The Bertz CT molecular complexity index is 461. The normalized spacial score (nSPS) is 14.1. The van der Waals surface area contributed by atoms with Crippen LogP contribution in [0.15, 0.2) is 18.2 Å². The maximum atomic E-state index is 11.3. The van der Waals surface area contributed by atoms with E-state index in [9.17, 15) is 14.7 Å². The van der Waals surface area contributed by atoms with Gasteiger partial charge in [0.25, 0.3) is 0 Å². The Morgan fingerprint density at radius 3 is 2.47 bits per heavy atom. The average molecular weight is 369 g/mol. The summed E-state index contributed by atoms with van der Waals surface area (Å²) in [6.07, 6.45) is -1.68. The smallest absolute Gasteiger partial charge is 0.337 e. The second-order valence-electron chi connectivity index (χ2n) is 3.46. The first-order valence-electron chi connectivity index (χ1n) is 4.70. The number of aliphatic hydroxyl groups excluding tert-OH is 1. The molecule has 0 saturated heterocycles. The fourth-order valence-corrected chi connectivity index (χ4v) is 2.65. The number of halogens is 2. The van der Waals surface area contributed by atoms with E-state index >= 15 is 0 Å². The highest BCUT2D eigenvalue weighted by Crippen LogP contribution is 2.32. The number of benzene rings is 1. The van der Waals surface area contributed by atoms with E-state index in [0.29, 0.717) is 9.13 Å². The molecule has 1 aromatic carbocycles. The summed E-state index contributed by atoms with van der Waals surface area (Å²) < 4.78 is 0.649. The molecule has 1 rings (SSSR count). The summed E-state index contributed by atoms with van der Waals surface area (Å²) in [6.45, 7) is 1.32. The third-order valence-electron chi connectivity index (χ3n) is 2.23. The van der Waals surface area contributed by atoms with Crippen LogP contribution in [0.1, 0.15) is 29.5 Å². The van der Waals surface area contributed by atoms with Gasteiger partial charge in [-0.1, -0.05) is 12.1 Å². The number of ketones is 1. The lowest BCUT2D eigenvalue weighted by molar-refractivity contribution is -0.147. The molecule has 0 spiro atoms. The van der Waals surface area contributed by atoms with Gasteiger partial charge in [-0.05, 0) is 46.7 Å². The van der Waals surface area contributed by atoms with Gasteiger partial charge in [-0.3, -0.25) is 4.79 Å². The van der Waals surface area contributed by atoms with Crippen LogP contribution in [0.2, 0.25) is 0 Å². The molecule has 1 aromatic rings. The van der Waals surface area contributed by atoms with Crippen LogP contribution < -0.4 is 0 Å². The van der Waals surface area contributed by atoms with Gasteiger partial charge < -0.3 is 10.2 Å². The summed E-state index contributed by atoms with van der Waals surface area (Å²) >= 11 is 7.89. The number of hydrogen-bond acceptors (Lipinski definition) is 3. The highest BCUT2D eigenvalue weighted by atomic mass is 127. The van der Waals surface area contributed by atoms with Gasteiger partial charge >= 0.3 is 5.97 Å². The second kappa shape index (κ2) is 5.79. The standard InChI is InChI=1S/C11H10ClIO4/c1-5(14)9(12)8-6(10(15)11(16)17)3-2-4-7(8)13/h2-4,9-10,15H,1H3,(H,16,17). The van der Waals surface area contributed by atoms with E-state index in [1.54, 1.807) is 12.1 Å². The van der Waals surface area contributed by atoms with Crippen molar-refractivity contribution in [2.75, 3.05) is 0 Å². The minimum Gasteiger partial charge on any atom is -0.479 e. The Kier molecular flexibility index (Phi) is 4.91. The van der Waals surface area contributed by atoms with Crippen molar-refractivity contribution in [3.8, 4) is 0 Å². The molecule has 2 unspecified atom stereocenters. The molecular formula is C11H10ClIO4. The molecule has 2 atom stereocenters. The minimum absolute atomic E-state index is 0.152. The van der Waals surface area contributed by atoms with Gasteiger partial charge in [-0.15, -0.1) is 11.6 Å². The van der Waals surface area contributed by atoms with Gasteiger partial charge in [0.1, 0.15) is 5.38 Å². The number of carbonyl (C=O) groups is 2. The summed E-state index contributed by atoms with van der Waals surface area (Å²) in [4.78, 5) is 22.1. The first kappa shape index (κ1) is 14.4. The van der Waals surface area contributed by atoms with Crippen LogP contribution in [0.5, 0.6) is 0 Å². The maximum Gasteiger partial charge on any atom is 0.337 e. The molecule has 4 nitrogen and oxygen atoms in total. The molecule has 0 aliphatic rings. The molecule has 0 bridgehead atoms. The fourth-order valence-electron chi connectivity index (χ4n) is 1.40. The largest absolute Gasteiger partial charge is 0.479 e. The van der Waals surface area contributed by atoms with Crippen molar-refractivity contribution in [1.29, 1.82) is 0 Å². The van der Waals surface area contributed by atoms with Crippen molar-refractivity contribution < 1.29 is 19.8 Å². The number of carboxylic acids is 1. The topological polar surface area (TPSA) is 74.6 Å². The first-order chi connectivity index (χ1) is 7.86. The van der Waals surface area contributed by atoms with Crippen LogP contribution in [0.25, 0.3) is 0 Å². The van der Waals surface area contributed by atoms with E-state index in [4.69, 9.17) is 16.7 Å². The Labute approximate surface area is 117 Å². The Morgan fingerprint density at radius 2 is 2.00 bits per heavy atom. The zero-order chi connectivity index (χ0) is 13.2. The highest BCUT2D eigenvalue weighted by Gasteiger charge is 2.26. The molecule has 0 amide bonds.